The van der Waals surface area contributed by atoms with Crippen molar-refractivity contribution in [1.29, 1.82) is 0 Å². The highest BCUT2D eigenvalue weighted by Gasteiger charge is 2.18. The van der Waals surface area contributed by atoms with E-state index in [1.807, 2.05) is 0 Å². The zero-order valence-corrected chi connectivity index (χ0v) is 11.0. The molecule has 108 valence electrons. The summed E-state index contributed by atoms with van der Waals surface area (Å²) in [5.74, 6) is -2.10. The van der Waals surface area contributed by atoms with Crippen LogP contribution in [-0.4, -0.2) is 34.2 Å². The van der Waals surface area contributed by atoms with Gasteiger partial charge in [0.1, 0.15) is 0 Å². The second-order valence-electron chi connectivity index (χ2n) is 4.02. The van der Waals surface area contributed by atoms with Crippen LogP contribution in [0.2, 0.25) is 0 Å². The predicted octanol–water partition coefficient (Wildman–Crippen LogP) is 1.75. The third-order valence-electron chi connectivity index (χ3n) is 2.72. The SMILES string of the molecule is COc1cccc(C(=O)Nc2cccnc2C(=O)O)c1O. The molecule has 0 spiro atoms. The number of aromatic hydroxyl groups is 1. The third kappa shape index (κ3) is 2.92. The van der Waals surface area contributed by atoms with E-state index in [0.29, 0.717) is 0 Å². The number of benzene rings is 1. The Labute approximate surface area is 119 Å². The van der Waals surface area contributed by atoms with Gasteiger partial charge in [0.25, 0.3) is 5.91 Å². The van der Waals surface area contributed by atoms with Gasteiger partial charge in [0.2, 0.25) is 0 Å². The van der Waals surface area contributed by atoms with Crippen LogP contribution in [0.4, 0.5) is 5.69 Å². The van der Waals surface area contributed by atoms with Crippen LogP contribution < -0.4 is 10.1 Å². The van der Waals surface area contributed by atoms with Crippen molar-refractivity contribution in [2.24, 2.45) is 0 Å². The summed E-state index contributed by atoms with van der Waals surface area (Å²) >= 11 is 0. The molecular formula is C14H12N2O5. The van der Waals surface area contributed by atoms with Crippen LogP contribution in [-0.2, 0) is 0 Å². The van der Waals surface area contributed by atoms with E-state index in [9.17, 15) is 14.7 Å². The van der Waals surface area contributed by atoms with Gasteiger partial charge in [0.15, 0.2) is 17.2 Å². The average Bonchev–Trinajstić information content (AvgIpc) is 2.47. The van der Waals surface area contributed by atoms with Gasteiger partial charge in [0.05, 0.1) is 18.4 Å². The summed E-state index contributed by atoms with van der Waals surface area (Å²) < 4.78 is 4.91. The molecule has 0 aliphatic heterocycles. The molecule has 0 fully saturated rings. The van der Waals surface area contributed by atoms with Crippen molar-refractivity contribution in [2.75, 3.05) is 12.4 Å². The van der Waals surface area contributed by atoms with Crippen LogP contribution in [0.5, 0.6) is 11.5 Å². The fourth-order valence-electron chi connectivity index (χ4n) is 1.74. The second-order valence-corrected chi connectivity index (χ2v) is 4.02. The first-order valence-electron chi connectivity index (χ1n) is 5.90. The van der Waals surface area contributed by atoms with Gasteiger partial charge in [0, 0.05) is 6.20 Å². The van der Waals surface area contributed by atoms with Crippen LogP contribution in [0.1, 0.15) is 20.8 Å². The predicted molar refractivity (Wildman–Crippen MR) is 73.8 cm³/mol. The molecule has 7 heteroatoms. The van der Waals surface area contributed by atoms with Gasteiger partial charge in [-0.05, 0) is 24.3 Å². The van der Waals surface area contributed by atoms with Gasteiger partial charge in [-0.25, -0.2) is 9.78 Å². The molecule has 0 bridgehead atoms. The van der Waals surface area contributed by atoms with Crippen molar-refractivity contribution in [2.45, 2.75) is 0 Å². The van der Waals surface area contributed by atoms with Gasteiger partial charge >= 0.3 is 5.97 Å². The molecule has 7 nitrogen and oxygen atoms in total. The van der Waals surface area contributed by atoms with Crippen LogP contribution >= 0.6 is 0 Å². The van der Waals surface area contributed by atoms with Gasteiger partial charge in [-0.3, -0.25) is 4.79 Å². The fourth-order valence-corrected chi connectivity index (χ4v) is 1.74. The number of carbonyl (C=O) groups excluding carboxylic acids is 1. The minimum Gasteiger partial charge on any atom is -0.504 e. The number of carboxylic acid groups (broad SMARTS) is 1. The van der Waals surface area contributed by atoms with E-state index in [1.54, 1.807) is 0 Å². The van der Waals surface area contributed by atoms with E-state index in [0.717, 1.165) is 0 Å². The molecule has 0 saturated heterocycles. The smallest absolute Gasteiger partial charge is 0.356 e. The first-order chi connectivity index (χ1) is 10.0. The van der Waals surface area contributed by atoms with Crippen LogP contribution in [0, 0.1) is 0 Å². The maximum absolute atomic E-state index is 12.1. The molecule has 0 atom stereocenters. The number of pyridine rings is 1. The summed E-state index contributed by atoms with van der Waals surface area (Å²) in [4.78, 5) is 26.8. The number of aromatic nitrogens is 1. The number of aromatic carboxylic acids is 1. The molecule has 0 aliphatic rings. The van der Waals surface area contributed by atoms with Gasteiger partial charge in [-0.2, -0.15) is 0 Å². The molecule has 1 aromatic carbocycles. The maximum Gasteiger partial charge on any atom is 0.356 e. The molecule has 0 radical (unpaired) electrons. The largest absolute Gasteiger partial charge is 0.504 e. The molecule has 1 amide bonds. The lowest BCUT2D eigenvalue weighted by Crippen LogP contribution is -2.16. The molecule has 0 unspecified atom stereocenters. The monoisotopic (exact) mass is 288 g/mol. The Morgan fingerprint density at radius 2 is 2.00 bits per heavy atom. The zero-order valence-electron chi connectivity index (χ0n) is 11.0. The molecule has 3 N–H and O–H groups in total. The Hall–Kier alpha value is -3.09. The number of ether oxygens (including phenoxy) is 1. The van der Waals surface area contributed by atoms with E-state index in [-0.39, 0.29) is 28.4 Å². The Kier molecular flexibility index (Phi) is 4.03. The number of amides is 1. The summed E-state index contributed by atoms with van der Waals surface area (Å²) in [6.07, 6.45) is 1.31. The van der Waals surface area contributed by atoms with E-state index in [4.69, 9.17) is 9.84 Å². The van der Waals surface area contributed by atoms with E-state index < -0.39 is 11.9 Å². The number of hydrogen-bond acceptors (Lipinski definition) is 5. The highest BCUT2D eigenvalue weighted by atomic mass is 16.5. The second kappa shape index (κ2) is 5.91. The van der Waals surface area contributed by atoms with E-state index >= 15 is 0 Å². The van der Waals surface area contributed by atoms with Crippen molar-refractivity contribution in [3.05, 3.63) is 47.8 Å². The quantitative estimate of drug-likeness (QED) is 0.790. The summed E-state index contributed by atoms with van der Waals surface area (Å²) in [6.45, 7) is 0. The fraction of sp³-hybridized carbons (Fsp3) is 0.0714. The molecular weight excluding hydrogens is 276 g/mol. The Balaban J connectivity index is 2.33. The summed E-state index contributed by atoms with van der Waals surface area (Å²) in [6, 6.07) is 7.33. The molecule has 21 heavy (non-hydrogen) atoms. The van der Waals surface area contributed by atoms with Gasteiger partial charge < -0.3 is 20.3 Å². The minimum absolute atomic E-state index is 0.0328. The number of anilines is 1. The highest BCUT2D eigenvalue weighted by molar-refractivity contribution is 6.08. The van der Waals surface area contributed by atoms with E-state index in [2.05, 4.69) is 10.3 Å². The van der Waals surface area contributed by atoms with Crippen molar-refractivity contribution in [3.63, 3.8) is 0 Å². The summed E-state index contributed by atoms with van der Waals surface area (Å²) in [5, 5.41) is 21.3. The lowest BCUT2D eigenvalue weighted by Gasteiger charge is -2.10. The summed E-state index contributed by atoms with van der Waals surface area (Å²) in [5.41, 5.74) is -0.278. The Bertz CT molecular complexity index is 700. The molecule has 2 aromatic rings. The first kappa shape index (κ1) is 14.3. The lowest BCUT2D eigenvalue weighted by molar-refractivity contribution is 0.0691. The normalized spacial score (nSPS) is 9.95. The number of nitrogens with one attached hydrogen (secondary N) is 1. The molecule has 1 aromatic heterocycles. The van der Waals surface area contributed by atoms with Crippen LogP contribution in [0.3, 0.4) is 0 Å². The van der Waals surface area contributed by atoms with Crippen molar-refractivity contribution in [3.8, 4) is 11.5 Å². The minimum atomic E-state index is -1.26. The van der Waals surface area contributed by atoms with Gasteiger partial charge in [-0.15, -0.1) is 0 Å². The number of carbonyl (C=O) groups is 2. The zero-order chi connectivity index (χ0) is 15.4. The number of carboxylic acids is 1. The third-order valence-corrected chi connectivity index (χ3v) is 2.72. The molecule has 0 aliphatic carbocycles. The topological polar surface area (TPSA) is 109 Å². The van der Waals surface area contributed by atoms with Crippen molar-refractivity contribution < 1.29 is 24.5 Å². The highest BCUT2D eigenvalue weighted by Crippen LogP contribution is 2.30. The number of hydrogen-bond donors (Lipinski definition) is 3. The van der Waals surface area contributed by atoms with E-state index in [1.165, 1.54) is 43.6 Å². The van der Waals surface area contributed by atoms with Crippen LogP contribution in [0.15, 0.2) is 36.5 Å². The number of methoxy groups -OCH3 is 1. The standard InChI is InChI=1S/C14H12N2O5/c1-21-10-6-2-4-8(12(10)17)13(18)16-9-5-3-7-15-11(9)14(19)20/h2-7,17H,1H3,(H,16,18)(H,19,20). The van der Waals surface area contributed by atoms with Crippen molar-refractivity contribution in [1.82, 2.24) is 4.98 Å². The number of phenolic OH excluding ortho intramolecular Hbond substituents is 1. The van der Waals surface area contributed by atoms with Gasteiger partial charge in [-0.1, -0.05) is 6.07 Å². The Morgan fingerprint density at radius 3 is 2.67 bits per heavy atom. The number of phenols is 1. The Morgan fingerprint density at radius 1 is 1.24 bits per heavy atom. The first-order valence-corrected chi connectivity index (χ1v) is 5.90. The maximum atomic E-state index is 12.1. The molecule has 1 heterocycles. The lowest BCUT2D eigenvalue weighted by atomic mass is 10.1. The average molecular weight is 288 g/mol. The number of rotatable bonds is 4. The van der Waals surface area contributed by atoms with Crippen LogP contribution in [0.25, 0.3) is 0 Å². The molecule has 2 rings (SSSR count). The number of nitrogens with zero attached hydrogens (tertiary/aromatic N) is 1. The van der Waals surface area contributed by atoms with Crippen molar-refractivity contribution >= 4 is 17.6 Å². The number of para-hydroxylation sites is 1. The summed E-state index contributed by atoms with van der Waals surface area (Å²) in [7, 11) is 1.36. The molecule has 0 saturated carbocycles.